The van der Waals surface area contributed by atoms with E-state index in [0.29, 0.717) is 13.8 Å². The lowest BCUT2D eigenvalue weighted by molar-refractivity contribution is -0.270. The first kappa shape index (κ1) is 18.8. The zero-order chi connectivity index (χ0) is 17.7. The largest absolute Gasteiger partial charge is 0.421 e. The molecule has 0 spiro atoms. The van der Waals surface area contributed by atoms with E-state index in [9.17, 15) is 36.6 Å². The molecule has 0 saturated heterocycles. The Morgan fingerprint density at radius 3 is 1.09 bits per heavy atom. The average molecular weight is 330 g/mol. The highest BCUT2D eigenvalue weighted by atomic mass is 19.4. The van der Waals surface area contributed by atoms with Crippen LogP contribution in [0.25, 0.3) is 0 Å². The standard InChI is InChI=1S/C14H16F6O2/c1-7-5-9(11(3,21)13(15,16)17)10(6-8(7)2)12(4,22)14(18,19)20/h5-6,21-22H,1-4H3. The van der Waals surface area contributed by atoms with Crippen LogP contribution in [-0.2, 0) is 11.2 Å². The van der Waals surface area contributed by atoms with Gasteiger partial charge in [-0.25, -0.2) is 0 Å². The molecule has 2 N–H and O–H groups in total. The lowest BCUT2D eigenvalue weighted by Gasteiger charge is -2.35. The van der Waals surface area contributed by atoms with Crippen LogP contribution in [-0.4, -0.2) is 22.6 Å². The maximum atomic E-state index is 13.0. The minimum Gasteiger partial charge on any atom is -0.376 e. The van der Waals surface area contributed by atoms with Crippen LogP contribution < -0.4 is 0 Å². The van der Waals surface area contributed by atoms with E-state index in [1.807, 2.05) is 0 Å². The summed E-state index contributed by atoms with van der Waals surface area (Å²) in [5.74, 6) is 0. The molecule has 2 nitrogen and oxygen atoms in total. The van der Waals surface area contributed by atoms with Crippen molar-refractivity contribution in [2.24, 2.45) is 0 Å². The van der Waals surface area contributed by atoms with Crippen molar-refractivity contribution >= 4 is 0 Å². The molecule has 0 heterocycles. The van der Waals surface area contributed by atoms with Gasteiger partial charge in [0.1, 0.15) is 0 Å². The van der Waals surface area contributed by atoms with Gasteiger partial charge >= 0.3 is 12.4 Å². The van der Waals surface area contributed by atoms with Gasteiger partial charge in [-0.05, 0) is 49.9 Å². The van der Waals surface area contributed by atoms with Crippen molar-refractivity contribution in [3.05, 3.63) is 34.4 Å². The van der Waals surface area contributed by atoms with Gasteiger partial charge in [0, 0.05) is 0 Å². The molecule has 2 unspecified atom stereocenters. The van der Waals surface area contributed by atoms with Gasteiger partial charge in [0.2, 0.25) is 0 Å². The van der Waals surface area contributed by atoms with Crippen LogP contribution in [0.1, 0.15) is 36.1 Å². The lowest BCUT2D eigenvalue weighted by Crippen LogP contribution is -2.45. The molecule has 0 aromatic heterocycles. The van der Waals surface area contributed by atoms with E-state index in [1.165, 1.54) is 13.8 Å². The second-order valence-electron chi connectivity index (χ2n) is 5.62. The van der Waals surface area contributed by atoms with Gasteiger partial charge in [-0.1, -0.05) is 12.1 Å². The van der Waals surface area contributed by atoms with Crippen molar-refractivity contribution in [2.75, 3.05) is 0 Å². The molecule has 0 radical (unpaired) electrons. The first-order valence-corrected chi connectivity index (χ1v) is 6.24. The molecule has 0 bridgehead atoms. The first-order chi connectivity index (χ1) is 9.53. The molecular weight excluding hydrogens is 314 g/mol. The minimum atomic E-state index is -5.20. The molecule has 1 aromatic carbocycles. The van der Waals surface area contributed by atoms with Gasteiger partial charge < -0.3 is 10.2 Å². The van der Waals surface area contributed by atoms with Crippen LogP contribution in [0.3, 0.4) is 0 Å². The third-order valence-corrected chi connectivity index (χ3v) is 3.79. The van der Waals surface area contributed by atoms with Crippen LogP contribution in [0.2, 0.25) is 0 Å². The summed E-state index contributed by atoms with van der Waals surface area (Å²) in [5.41, 5.74) is -8.58. The fourth-order valence-electron chi connectivity index (χ4n) is 1.93. The Hall–Kier alpha value is -1.28. The van der Waals surface area contributed by atoms with Gasteiger partial charge in [-0.3, -0.25) is 0 Å². The Bertz CT molecular complexity index is 519. The van der Waals surface area contributed by atoms with Crippen LogP contribution in [0.5, 0.6) is 0 Å². The summed E-state index contributed by atoms with van der Waals surface area (Å²) in [6, 6.07) is 1.64. The molecule has 0 aliphatic heterocycles. The van der Waals surface area contributed by atoms with E-state index >= 15 is 0 Å². The highest BCUT2D eigenvalue weighted by molar-refractivity contribution is 5.44. The van der Waals surface area contributed by atoms with Crippen molar-refractivity contribution in [1.82, 2.24) is 0 Å². The van der Waals surface area contributed by atoms with Crippen LogP contribution in [0.4, 0.5) is 26.3 Å². The number of hydrogen-bond acceptors (Lipinski definition) is 2. The van der Waals surface area contributed by atoms with E-state index in [0.717, 1.165) is 12.1 Å². The summed E-state index contributed by atoms with van der Waals surface area (Å²) in [7, 11) is 0. The van der Waals surface area contributed by atoms with Crippen molar-refractivity contribution in [1.29, 1.82) is 0 Å². The zero-order valence-electron chi connectivity index (χ0n) is 12.3. The summed E-state index contributed by atoms with van der Waals surface area (Å²) in [6.45, 7) is 3.51. The molecule has 0 aliphatic carbocycles. The molecule has 0 amide bonds. The normalized spacial score (nSPS) is 18.7. The Balaban J connectivity index is 3.77. The lowest BCUT2D eigenvalue weighted by atomic mass is 9.81. The number of aryl methyl sites for hydroxylation is 2. The Morgan fingerprint density at radius 1 is 0.682 bits per heavy atom. The number of halogens is 6. The van der Waals surface area contributed by atoms with E-state index in [2.05, 4.69) is 0 Å². The van der Waals surface area contributed by atoms with Gasteiger partial charge in [0.15, 0.2) is 11.2 Å². The summed E-state index contributed by atoms with van der Waals surface area (Å²) >= 11 is 0. The average Bonchev–Trinajstić information content (AvgIpc) is 2.28. The van der Waals surface area contributed by atoms with Crippen LogP contribution >= 0.6 is 0 Å². The molecule has 1 rings (SSSR count). The number of alkyl halides is 6. The van der Waals surface area contributed by atoms with Crippen molar-refractivity contribution < 1.29 is 36.6 Å². The first-order valence-electron chi connectivity index (χ1n) is 6.24. The molecule has 0 fully saturated rings. The molecule has 8 heteroatoms. The molecular formula is C14H16F6O2. The molecule has 126 valence electrons. The van der Waals surface area contributed by atoms with E-state index < -0.39 is 34.7 Å². The van der Waals surface area contributed by atoms with Crippen LogP contribution in [0.15, 0.2) is 12.1 Å². The smallest absolute Gasteiger partial charge is 0.376 e. The maximum Gasteiger partial charge on any atom is 0.421 e. The topological polar surface area (TPSA) is 40.5 Å². The predicted octanol–water partition coefficient (Wildman–Crippen LogP) is 3.84. The van der Waals surface area contributed by atoms with E-state index in [-0.39, 0.29) is 11.1 Å². The molecule has 2 atom stereocenters. The number of aliphatic hydroxyl groups is 2. The molecule has 0 aliphatic rings. The van der Waals surface area contributed by atoms with Crippen molar-refractivity contribution in [3.8, 4) is 0 Å². The second-order valence-corrected chi connectivity index (χ2v) is 5.62. The Morgan fingerprint density at radius 2 is 0.909 bits per heavy atom. The maximum absolute atomic E-state index is 13.0. The highest BCUT2D eigenvalue weighted by Crippen LogP contribution is 2.47. The van der Waals surface area contributed by atoms with Crippen molar-refractivity contribution in [3.63, 3.8) is 0 Å². The zero-order valence-corrected chi connectivity index (χ0v) is 12.3. The van der Waals surface area contributed by atoms with Gasteiger partial charge in [0.25, 0.3) is 0 Å². The van der Waals surface area contributed by atoms with Gasteiger partial charge in [-0.2, -0.15) is 26.3 Å². The van der Waals surface area contributed by atoms with E-state index in [4.69, 9.17) is 0 Å². The Kier molecular flexibility index (Phi) is 4.37. The second kappa shape index (κ2) is 5.13. The fourth-order valence-corrected chi connectivity index (χ4v) is 1.93. The third-order valence-electron chi connectivity index (χ3n) is 3.79. The predicted molar refractivity (Wildman–Crippen MR) is 67.2 cm³/mol. The summed E-state index contributed by atoms with van der Waals surface area (Å²) < 4.78 is 78.0. The number of hydrogen-bond donors (Lipinski definition) is 2. The number of benzene rings is 1. The monoisotopic (exact) mass is 330 g/mol. The number of rotatable bonds is 2. The summed E-state index contributed by atoms with van der Waals surface area (Å²) in [5, 5.41) is 19.5. The molecule has 0 saturated carbocycles. The quantitative estimate of drug-likeness (QED) is 0.809. The van der Waals surface area contributed by atoms with Gasteiger partial charge in [-0.15, -0.1) is 0 Å². The SMILES string of the molecule is Cc1cc(C(C)(O)C(F)(F)F)c(C(C)(O)C(F)(F)F)cc1C. The van der Waals surface area contributed by atoms with E-state index in [1.54, 1.807) is 0 Å². The molecule has 1 aromatic rings. The Labute approximate surface area is 123 Å². The summed E-state index contributed by atoms with van der Waals surface area (Å²) in [4.78, 5) is 0. The summed E-state index contributed by atoms with van der Waals surface area (Å²) in [6.07, 6.45) is -10.4. The highest BCUT2D eigenvalue weighted by Gasteiger charge is 2.58. The third kappa shape index (κ3) is 2.94. The van der Waals surface area contributed by atoms with Gasteiger partial charge in [0.05, 0.1) is 0 Å². The van der Waals surface area contributed by atoms with Crippen LogP contribution in [0, 0.1) is 13.8 Å². The van der Waals surface area contributed by atoms with Crippen molar-refractivity contribution in [2.45, 2.75) is 51.2 Å². The fraction of sp³-hybridized carbons (Fsp3) is 0.571. The molecule has 22 heavy (non-hydrogen) atoms. The minimum absolute atomic E-state index is 0.265.